The molecule has 2 heterocycles. The maximum atomic E-state index is 11.8. The molecule has 0 bridgehead atoms. The Labute approximate surface area is 133 Å². The van der Waals surface area contributed by atoms with Gasteiger partial charge in [-0.3, -0.25) is 10.2 Å². The highest BCUT2D eigenvalue weighted by atomic mass is 16.6. The Hall–Kier alpha value is -2.61. The molecule has 2 aliphatic rings. The van der Waals surface area contributed by atoms with E-state index < -0.39 is 11.7 Å². The fourth-order valence-electron chi connectivity index (χ4n) is 2.44. The quantitative estimate of drug-likeness (QED) is 0.654. The van der Waals surface area contributed by atoms with Gasteiger partial charge in [-0.25, -0.2) is 15.2 Å². The summed E-state index contributed by atoms with van der Waals surface area (Å²) in [5, 5.41) is 5.80. The normalized spacial score (nSPS) is 19.0. The molecule has 1 aromatic rings. The number of amides is 2. The minimum Gasteiger partial charge on any atom is -0.444 e. The number of nitrogens with one attached hydrogen (secondary N) is 4. The maximum absolute atomic E-state index is 11.8. The molecule has 0 radical (unpaired) electrons. The van der Waals surface area contributed by atoms with Gasteiger partial charge in [0, 0.05) is 11.1 Å². The van der Waals surface area contributed by atoms with Crippen molar-refractivity contribution in [1.29, 1.82) is 0 Å². The predicted octanol–water partition coefficient (Wildman–Crippen LogP) is 1.09. The zero-order valence-electron chi connectivity index (χ0n) is 13.2. The third-order valence-electron chi connectivity index (χ3n) is 3.31. The Morgan fingerprint density at radius 3 is 2.91 bits per heavy atom. The lowest BCUT2D eigenvalue weighted by atomic mass is 9.99. The second kappa shape index (κ2) is 5.54. The van der Waals surface area contributed by atoms with Gasteiger partial charge in [-0.15, -0.1) is 0 Å². The number of hydrogen-bond acceptors (Lipinski definition) is 6. The number of hydrazine groups is 1. The molecule has 2 amide bonds. The largest absolute Gasteiger partial charge is 0.444 e. The Balaban J connectivity index is 1.75. The monoisotopic (exact) mass is 317 g/mol. The van der Waals surface area contributed by atoms with Crippen molar-refractivity contribution >= 4 is 23.5 Å². The molecule has 0 fully saturated rings. The van der Waals surface area contributed by atoms with Crippen molar-refractivity contribution in [3.05, 3.63) is 29.3 Å². The molecule has 23 heavy (non-hydrogen) atoms. The van der Waals surface area contributed by atoms with Crippen molar-refractivity contribution < 1.29 is 14.3 Å². The van der Waals surface area contributed by atoms with E-state index in [0.29, 0.717) is 17.1 Å². The number of amidine groups is 1. The van der Waals surface area contributed by atoms with E-state index in [9.17, 15) is 9.59 Å². The Kier molecular flexibility index (Phi) is 3.69. The Morgan fingerprint density at radius 1 is 1.39 bits per heavy atom. The number of aliphatic imine (C=N–C) groups is 1. The van der Waals surface area contributed by atoms with Crippen molar-refractivity contribution in [1.82, 2.24) is 21.5 Å². The first-order chi connectivity index (χ1) is 10.8. The highest BCUT2D eigenvalue weighted by Crippen LogP contribution is 2.32. The van der Waals surface area contributed by atoms with Crippen LogP contribution in [-0.2, 0) is 4.74 Å². The predicted molar refractivity (Wildman–Crippen MR) is 84.3 cm³/mol. The number of alkyl carbamates (subject to hydrolysis) is 1. The topological polar surface area (TPSA) is 104 Å². The second-order valence-electron chi connectivity index (χ2n) is 6.33. The number of carbonyl (C=O) groups excluding carboxylic acids is 2. The zero-order chi connectivity index (χ0) is 16.6. The van der Waals surface area contributed by atoms with Crippen LogP contribution in [0.5, 0.6) is 0 Å². The van der Waals surface area contributed by atoms with Crippen LogP contribution in [-0.4, -0.2) is 30.0 Å². The number of carbonyl (C=O) groups is 2. The van der Waals surface area contributed by atoms with E-state index >= 15 is 0 Å². The third-order valence-corrected chi connectivity index (χ3v) is 3.31. The van der Waals surface area contributed by atoms with E-state index in [1.54, 1.807) is 32.9 Å². The molecule has 0 spiro atoms. The zero-order valence-corrected chi connectivity index (χ0v) is 13.2. The van der Waals surface area contributed by atoms with Crippen molar-refractivity contribution in [3.8, 4) is 0 Å². The second-order valence-corrected chi connectivity index (χ2v) is 6.33. The summed E-state index contributed by atoms with van der Waals surface area (Å²) in [7, 11) is 0. The van der Waals surface area contributed by atoms with Crippen molar-refractivity contribution in [3.63, 3.8) is 0 Å². The third kappa shape index (κ3) is 3.26. The molecule has 3 rings (SSSR count). The summed E-state index contributed by atoms with van der Waals surface area (Å²) in [5.41, 5.74) is 7.02. The van der Waals surface area contributed by atoms with Crippen LogP contribution in [0.4, 0.5) is 10.5 Å². The standard InChI is InChI=1S/C15H19N5O3/c1-15(2,3)23-14(22)16-7-10-17-9-6-4-5-8-11(9)12(18-10)19-20-13(8)21/h4-6,12,19H,7H2,1-3H3,(H,16,22)(H,17,18)(H,20,21). The fourth-order valence-corrected chi connectivity index (χ4v) is 2.44. The molecule has 8 heteroatoms. The summed E-state index contributed by atoms with van der Waals surface area (Å²) in [5.74, 6) is 0.389. The first kappa shape index (κ1) is 15.3. The Bertz CT molecular complexity index is 693. The lowest BCUT2D eigenvalue weighted by Crippen LogP contribution is -2.54. The van der Waals surface area contributed by atoms with Crippen LogP contribution in [0.15, 0.2) is 23.2 Å². The number of hydrogen-bond donors (Lipinski definition) is 4. The van der Waals surface area contributed by atoms with E-state index in [-0.39, 0.29) is 18.6 Å². The van der Waals surface area contributed by atoms with Gasteiger partial charge in [-0.2, -0.15) is 0 Å². The molecule has 0 saturated heterocycles. The Morgan fingerprint density at radius 2 is 2.17 bits per heavy atom. The van der Waals surface area contributed by atoms with Gasteiger partial charge in [0.1, 0.15) is 17.6 Å². The van der Waals surface area contributed by atoms with E-state index in [4.69, 9.17) is 4.74 Å². The summed E-state index contributed by atoms with van der Waals surface area (Å²) in [6.07, 6.45) is -0.793. The van der Waals surface area contributed by atoms with E-state index in [1.807, 2.05) is 6.07 Å². The number of ether oxygens (including phenoxy) is 1. The van der Waals surface area contributed by atoms with Gasteiger partial charge in [0.25, 0.3) is 5.91 Å². The van der Waals surface area contributed by atoms with Crippen LogP contribution in [0.2, 0.25) is 0 Å². The van der Waals surface area contributed by atoms with Gasteiger partial charge < -0.3 is 15.4 Å². The molecule has 1 unspecified atom stereocenters. The van der Waals surface area contributed by atoms with Gasteiger partial charge >= 0.3 is 6.09 Å². The first-order valence-corrected chi connectivity index (χ1v) is 7.33. The summed E-state index contributed by atoms with van der Waals surface area (Å²) >= 11 is 0. The molecule has 122 valence electrons. The molecular weight excluding hydrogens is 298 g/mol. The lowest BCUT2D eigenvalue weighted by molar-refractivity contribution is 0.0535. The average Bonchev–Trinajstić information content (AvgIpc) is 2.47. The van der Waals surface area contributed by atoms with Crippen LogP contribution < -0.4 is 21.5 Å². The SMILES string of the molecule is CC(C)(C)OC(=O)NCC1=Nc2cccc3c2C(NNC3=O)N1. The molecule has 2 aliphatic heterocycles. The molecule has 0 aromatic heterocycles. The lowest BCUT2D eigenvalue weighted by Gasteiger charge is -2.33. The summed E-state index contributed by atoms with van der Waals surface area (Å²) in [4.78, 5) is 28.0. The van der Waals surface area contributed by atoms with Crippen molar-refractivity contribution in [2.45, 2.75) is 32.5 Å². The highest BCUT2D eigenvalue weighted by Gasteiger charge is 2.31. The molecular formula is C15H19N5O3. The van der Waals surface area contributed by atoms with E-state index in [1.165, 1.54) is 0 Å². The van der Waals surface area contributed by atoms with E-state index in [2.05, 4.69) is 26.5 Å². The van der Waals surface area contributed by atoms with E-state index in [0.717, 1.165) is 5.56 Å². The van der Waals surface area contributed by atoms with Crippen LogP contribution in [0.1, 0.15) is 42.9 Å². The molecule has 0 aliphatic carbocycles. The van der Waals surface area contributed by atoms with Gasteiger partial charge in [0.2, 0.25) is 0 Å². The summed E-state index contributed by atoms with van der Waals surface area (Å²) in [6, 6.07) is 5.37. The van der Waals surface area contributed by atoms with Gasteiger partial charge in [0.05, 0.1) is 12.2 Å². The maximum Gasteiger partial charge on any atom is 0.408 e. The molecule has 4 N–H and O–H groups in total. The minimum atomic E-state index is -0.553. The van der Waals surface area contributed by atoms with Crippen LogP contribution in [0.3, 0.4) is 0 Å². The minimum absolute atomic E-state index is 0.189. The van der Waals surface area contributed by atoms with Crippen molar-refractivity contribution in [2.75, 3.05) is 6.54 Å². The first-order valence-electron chi connectivity index (χ1n) is 7.33. The van der Waals surface area contributed by atoms with Gasteiger partial charge in [0.15, 0.2) is 0 Å². The molecule has 0 saturated carbocycles. The molecule has 1 atom stereocenters. The summed E-state index contributed by atoms with van der Waals surface area (Å²) < 4.78 is 5.19. The fraction of sp³-hybridized carbons (Fsp3) is 0.400. The number of rotatable bonds is 2. The number of benzene rings is 1. The number of nitrogens with zero attached hydrogens (tertiary/aromatic N) is 1. The average molecular weight is 317 g/mol. The van der Waals surface area contributed by atoms with Crippen LogP contribution in [0, 0.1) is 0 Å². The summed E-state index contributed by atoms with van der Waals surface area (Å²) in [6.45, 7) is 5.60. The van der Waals surface area contributed by atoms with Crippen LogP contribution >= 0.6 is 0 Å². The highest BCUT2D eigenvalue weighted by molar-refractivity contribution is 6.00. The smallest absolute Gasteiger partial charge is 0.408 e. The van der Waals surface area contributed by atoms with Gasteiger partial charge in [-0.1, -0.05) is 6.07 Å². The molecule has 8 nitrogen and oxygen atoms in total. The van der Waals surface area contributed by atoms with Crippen LogP contribution in [0.25, 0.3) is 0 Å². The molecule has 1 aromatic carbocycles. The van der Waals surface area contributed by atoms with Crippen molar-refractivity contribution in [2.24, 2.45) is 4.99 Å². The van der Waals surface area contributed by atoms with Gasteiger partial charge in [-0.05, 0) is 32.9 Å².